The molecule has 0 radical (unpaired) electrons. The molecule has 146 valence electrons. The Labute approximate surface area is 174 Å². The average Bonchev–Trinajstić information content (AvgIpc) is 3.21. The molecule has 3 aromatic carbocycles. The first-order valence-corrected chi connectivity index (χ1v) is 9.84. The second-order valence-electron chi connectivity index (χ2n) is 7.18. The van der Waals surface area contributed by atoms with Crippen molar-refractivity contribution in [2.45, 2.75) is 13.0 Å². The van der Waals surface area contributed by atoms with Crippen molar-refractivity contribution in [3.8, 4) is 5.75 Å². The number of hydrogen-bond donors (Lipinski definition) is 0. The number of hydrogen-bond acceptors (Lipinski definition) is 4. The monoisotopic (exact) mass is 393 g/mol. The van der Waals surface area contributed by atoms with Crippen LogP contribution in [0, 0.1) is 0 Å². The van der Waals surface area contributed by atoms with Crippen molar-refractivity contribution in [1.82, 2.24) is 4.98 Å². The van der Waals surface area contributed by atoms with Gasteiger partial charge in [-0.15, -0.1) is 0 Å². The van der Waals surface area contributed by atoms with Gasteiger partial charge in [-0.25, -0.2) is 4.98 Å². The molecule has 4 aromatic rings. The highest BCUT2D eigenvalue weighted by atomic mass is 16.5. The minimum Gasteiger partial charge on any atom is -0.485 e. The van der Waals surface area contributed by atoms with E-state index in [4.69, 9.17) is 9.15 Å². The maximum atomic E-state index is 13.4. The van der Waals surface area contributed by atoms with Gasteiger partial charge in [0.1, 0.15) is 17.4 Å². The Morgan fingerprint density at radius 2 is 1.67 bits per heavy atom. The number of aromatic nitrogens is 1. The fourth-order valence-electron chi connectivity index (χ4n) is 3.55. The highest BCUT2D eigenvalue weighted by molar-refractivity contribution is 6.28. The van der Waals surface area contributed by atoms with E-state index in [-0.39, 0.29) is 11.9 Å². The van der Waals surface area contributed by atoms with Crippen LogP contribution >= 0.6 is 0 Å². The predicted molar refractivity (Wildman–Crippen MR) is 117 cm³/mol. The van der Waals surface area contributed by atoms with Gasteiger partial charge in [-0.3, -0.25) is 4.79 Å². The Bertz CT molecular complexity index is 1270. The molecule has 0 N–H and O–H groups in total. The molecular weight excluding hydrogens is 374 g/mol. The summed E-state index contributed by atoms with van der Waals surface area (Å²) in [6.07, 6.45) is 3.67. The van der Waals surface area contributed by atoms with Crippen LogP contribution < -0.4 is 4.74 Å². The largest absolute Gasteiger partial charge is 0.485 e. The van der Waals surface area contributed by atoms with Crippen molar-refractivity contribution in [2.75, 3.05) is 0 Å². The van der Waals surface area contributed by atoms with Crippen molar-refractivity contribution in [3.05, 3.63) is 108 Å². The normalized spacial score (nSPS) is 16.0. The Morgan fingerprint density at radius 3 is 2.50 bits per heavy atom. The number of rotatable bonds is 4. The number of carbonyl (C=O) groups excluding carboxylic acids is 1. The fourth-order valence-corrected chi connectivity index (χ4v) is 3.55. The highest BCUT2D eigenvalue weighted by Crippen LogP contribution is 2.32. The van der Waals surface area contributed by atoms with E-state index in [9.17, 15) is 4.79 Å². The summed E-state index contributed by atoms with van der Waals surface area (Å²) in [7, 11) is 0. The summed E-state index contributed by atoms with van der Waals surface area (Å²) in [4.78, 5) is 18.0. The van der Waals surface area contributed by atoms with Crippen molar-refractivity contribution in [1.29, 1.82) is 0 Å². The fraction of sp³-hybridized carbons (Fsp3) is 0.0769. The number of Topliss-reactive ketones (excluding diaryl/α,β-unsaturated/α-hetero) is 1. The summed E-state index contributed by atoms with van der Waals surface area (Å²) >= 11 is 0. The van der Waals surface area contributed by atoms with E-state index in [1.807, 2.05) is 85.8 Å². The third-order valence-corrected chi connectivity index (χ3v) is 5.13. The van der Waals surface area contributed by atoms with Crippen molar-refractivity contribution >= 4 is 28.5 Å². The van der Waals surface area contributed by atoms with Gasteiger partial charge in [0.15, 0.2) is 11.4 Å². The first kappa shape index (κ1) is 18.1. The zero-order chi connectivity index (χ0) is 20.5. The van der Waals surface area contributed by atoms with E-state index in [2.05, 4.69) is 4.98 Å². The number of fused-ring (bicyclic) bond motifs is 2. The van der Waals surface area contributed by atoms with E-state index in [1.54, 1.807) is 12.1 Å². The molecule has 1 unspecified atom stereocenters. The lowest BCUT2D eigenvalue weighted by Crippen LogP contribution is -2.18. The first-order valence-electron chi connectivity index (χ1n) is 9.84. The van der Waals surface area contributed by atoms with E-state index in [1.165, 1.54) is 0 Å². The number of allylic oxidation sites excluding steroid dienone is 1. The lowest BCUT2D eigenvalue weighted by molar-refractivity contribution is 0.105. The summed E-state index contributed by atoms with van der Waals surface area (Å²) in [5, 5.41) is 0. The van der Waals surface area contributed by atoms with Crippen molar-refractivity contribution < 1.29 is 13.9 Å². The Balaban J connectivity index is 1.66. The maximum Gasteiger partial charge on any atom is 0.231 e. The summed E-state index contributed by atoms with van der Waals surface area (Å²) in [5.41, 5.74) is 4.20. The molecule has 1 aliphatic heterocycles. The van der Waals surface area contributed by atoms with E-state index >= 15 is 0 Å². The zero-order valence-corrected chi connectivity index (χ0v) is 16.4. The Hall–Kier alpha value is -3.92. The minimum absolute atomic E-state index is 0.144. The van der Waals surface area contributed by atoms with E-state index < -0.39 is 0 Å². The van der Waals surface area contributed by atoms with Gasteiger partial charge in [-0.2, -0.15) is 0 Å². The minimum atomic E-state index is -0.206. The van der Waals surface area contributed by atoms with Crippen LogP contribution in [-0.4, -0.2) is 16.9 Å². The van der Waals surface area contributed by atoms with Crippen LogP contribution in [0.25, 0.3) is 22.7 Å². The van der Waals surface area contributed by atoms with Gasteiger partial charge < -0.3 is 9.15 Å². The van der Waals surface area contributed by atoms with E-state index in [0.29, 0.717) is 28.1 Å². The number of para-hydroxylation sites is 3. The molecule has 0 saturated heterocycles. The lowest BCUT2D eigenvalue weighted by Gasteiger charge is -2.23. The highest BCUT2D eigenvalue weighted by Gasteiger charge is 2.24. The number of nitrogens with zero attached hydrogens (tertiary/aromatic N) is 1. The molecule has 0 fully saturated rings. The topological polar surface area (TPSA) is 52.3 Å². The smallest absolute Gasteiger partial charge is 0.231 e. The van der Waals surface area contributed by atoms with Crippen LogP contribution in [0.4, 0.5) is 0 Å². The molecule has 0 amide bonds. The van der Waals surface area contributed by atoms with Gasteiger partial charge in [0.25, 0.3) is 0 Å². The third-order valence-electron chi connectivity index (χ3n) is 5.13. The number of oxazole rings is 1. The van der Waals surface area contributed by atoms with Crippen LogP contribution in [-0.2, 0) is 0 Å². The Kier molecular flexibility index (Phi) is 4.52. The molecule has 1 aromatic heterocycles. The zero-order valence-electron chi connectivity index (χ0n) is 16.4. The van der Waals surface area contributed by atoms with Gasteiger partial charge in [-0.05, 0) is 42.8 Å². The molecule has 0 aliphatic carbocycles. The summed E-state index contributed by atoms with van der Waals surface area (Å²) in [6, 6.07) is 24.5. The molecule has 1 aliphatic rings. The van der Waals surface area contributed by atoms with Crippen LogP contribution in [0.3, 0.4) is 0 Å². The van der Waals surface area contributed by atoms with Gasteiger partial charge in [0.2, 0.25) is 5.89 Å². The number of ether oxygens (including phenoxy) is 1. The number of carbonyl (C=O) groups is 1. The maximum absolute atomic E-state index is 13.4. The lowest BCUT2D eigenvalue weighted by atomic mass is 9.96. The van der Waals surface area contributed by atoms with Gasteiger partial charge >= 0.3 is 0 Å². The average molecular weight is 393 g/mol. The van der Waals surface area contributed by atoms with Crippen molar-refractivity contribution in [3.63, 3.8) is 0 Å². The first-order chi connectivity index (χ1) is 14.7. The summed E-state index contributed by atoms with van der Waals surface area (Å²) in [6.45, 7) is 1.97. The van der Waals surface area contributed by atoms with Gasteiger partial charge in [0, 0.05) is 11.1 Å². The number of ketones is 1. The van der Waals surface area contributed by atoms with Crippen LogP contribution in [0.5, 0.6) is 5.75 Å². The summed E-state index contributed by atoms with van der Waals surface area (Å²) < 4.78 is 12.0. The molecule has 1 atom stereocenters. The second-order valence-corrected chi connectivity index (χ2v) is 7.18. The molecule has 0 spiro atoms. The molecule has 0 bridgehead atoms. The molecule has 4 heteroatoms. The SMILES string of the molecule is CC1Oc2ccccc2C=C1/C=C(\C(=O)c1ccccc1)c1nc2ccccc2o1. The Morgan fingerprint density at radius 1 is 0.933 bits per heavy atom. The molecule has 2 heterocycles. The molecule has 30 heavy (non-hydrogen) atoms. The third kappa shape index (κ3) is 3.33. The quantitative estimate of drug-likeness (QED) is 0.317. The predicted octanol–water partition coefficient (Wildman–Crippen LogP) is 5.96. The molecular formula is C26H19NO3. The molecule has 0 saturated carbocycles. The van der Waals surface area contributed by atoms with Crippen LogP contribution in [0.15, 0.2) is 94.9 Å². The molecule has 5 rings (SSSR count). The van der Waals surface area contributed by atoms with Crippen LogP contribution in [0.1, 0.15) is 28.7 Å². The van der Waals surface area contributed by atoms with E-state index in [0.717, 1.165) is 16.9 Å². The van der Waals surface area contributed by atoms with Crippen LogP contribution in [0.2, 0.25) is 0 Å². The number of benzene rings is 3. The second kappa shape index (κ2) is 7.48. The van der Waals surface area contributed by atoms with Crippen molar-refractivity contribution in [2.24, 2.45) is 0 Å². The summed E-state index contributed by atoms with van der Waals surface area (Å²) in [5.74, 6) is 0.992. The standard InChI is InChI=1S/C26H19NO3/c1-17-20(15-19-11-5-7-13-23(19)29-17)16-21(25(28)18-9-3-2-4-10-18)26-27-22-12-6-8-14-24(22)30-26/h2-17H,1H3/b21-16+. The van der Waals surface area contributed by atoms with Gasteiger partial charge in [-0.1, -0.05) is 60.7 Å². The molecule has 4 nitrogen and oxygen atoms in total. The van der Waals surface area contributed by atoms with Gasteiger partial charge in [0.05, 0.1) is 5.57 Å².